The van der Waals surface area contributed by atoms with Gasteiger partial charge >= 0.3 is 0 Å². The molecule has 40 heavy (non-hydrogen) atoms. The number of fused-ring (bicyclic) bond motifs is 1. The van der Waals surface area contributed by atoms with Gasteiger partial charge in [-0.1, -0.05) is 12.8 Å². The molecule has 214 valence electrons. The van der Waals surface area contributed by atoms with E-state index in [1.165, 1.54) is 38.3 Å². The molecule has 1 N–H and O–H groups in total. The molecule has 0 bridgehead atoms. The van der Waals surface area contributed by atoms with Crippen LogP contribution < -0.4 is 9.62 Å². The molecule has 11 heteroatoms. The van der Waals surface area contributed by atoms with E-state index < -0.39 is 15.9 Å². The fourth-order valence-electron chi connectivity index (χ4n) is 6.24. The summed E-state index contributed by atoms with van der Waals surface area (Å²) in [5, 5.41) is 5.90. The van der Waals surface area contributed by atoms with Crippen LogP contribution in [0.25, 0.3) is 16.7 Å². The number of sulfonamides is 1. The average molecular weight is 569 g/mol. The van der Waals surface area contributed by atoms with Crippen LogP contribution in [-0.2, 0) is 10.0 Å². The first kappa shape index (κ1) is 27.1. The maximum atomic E-state index is 13.8. The van der Waals surface area contributed by atoms with Gasteiger partial charge in [0.1, 0.15) is 11.5 Å². The fourth-order valence-corrected chi connectivity index (χ4v) is 6.77. The van der Waals surface area contributed by atoms with Crippen LogP contribution in [0.5, 0.6) is 0 Å². The van der Waals surface area contributed by atoms with Gasteiger partial charge in [0.2, 0.25) is 10.0 Å². The van der Waals surface area contributed by atoms with Crippen molar-refractivity contribution in [3.05, 3.63) is 47.5 Å². The minimum absolute atomic E-state index is 0.0288. The van der Waals surface area contributed by atoms with E-state index in [0.717, 1.165) is 75.1 Å². The van der Waals surface area contributed by atoms with Crippen LogP contribution >= 0.6 is 0 Å². The first-order valence-corrected chi connectivity index (χ1v) is 16.2. The van der Waals surface area contributed by atoms with Gasteiger partial charge in [0.25, 0.3) is 5.91 Å². The molecule has 3 aliphatic rings. The average Bonchev–Trinajstić information content (AvgIpc) is 3.31. The summed E-state index contributed by atoms with van der Waals surface area (Å²) < 4.78 is 42.1. The third kappa shape index (κ3) is 5.33. The van der Waals surface area contributed by atoms with Gasteiger partial charge in [0.15, 0.2) is 5.65 Å². The Morgan fingerprint density at radius 2 is 1.70 bits per heavy atom. The van der Waals surface area contributed by atoms with Crippen LogP contribution in [-0.4, -0.2) is 72.0 Å². The van der Waals surface area contributed by atoms with E-state index in [1.807, 2.05) is 0 Å². The van der Waals surface area contributed by atoms with Gasteiger partial charge in [-0.15, -0.1) is 0 Å². The van der Waals surface area contributed by atoms with Gasteiger partial charge < -0.3 is 9.80 Å². The second-order valence-corrected chi connectivity index (χ2v) is 13.3. The summed E-state index contributed by atoms with van der Waals surface area (Å²) in [6, 6.07) is 8.34. The van der Waals surface area contributed by atoms with Crippen LogP contribution in [0.4, 0.5) is 10.1 Å². The van der Waals surface area contributed by atoms with Gasteiger partial charge in [-0.2, -0.15) is 5.10 Å². The number of halogens is 1. The molecule has 3 aromatic rings. The highest BCUT2D eigenvalue weighted by molar-refractivity contribution is 7.90. The third-order valence-corrected chi connectivity index (χ3v) is 10.0. The van der Waals surface area contributed by atoms with Crippen molar-refractivity contribution in [2.75, 3.05) is 36.8 Å². The summed E-state index contributed by atoms with van der Waals surface area (Å²) >= 11 is 0. The lowest BCUT2D eigenvalue weighted by Crippen LogP contribution is -2.46. The highest BCUT2D eigenvalue weighted by Crippen LogP contribution is 2.43. The van der Waals surface area contributed by atoms with E-state index >= 15 is 0 Å². The second kappa shape index (κ2) is 11.1. The van der Waals surface area contributed by atoms with E-state index in [2.05, 4.69) is 14.5 Å². The second-order valence-electron chi connectivity index (χ2n) is 11.3. The molecule has 3 fully saturated rings. The maximum absolute atomic E-state index is 13.8. The number of hydrogen-bond acceptors (Lipinski definition) is 7. The Morgan fingerprint density at radius 1 is 1.00 bits per heavy atom. The fraction of sp³-hybridized carbons (Fsp3) is 0.552. The lowest BCUT2D eigenvalue weighted by atomic mass is 9.82. The lowest BCUT2D eigenvalue weighted by molar-refractivity contribution is 0.0977. The predicted molar refractivity (Wildman–Crippen MR) is 153 cm³/mol. The summed E-state index contributed by atoms with van der Waals surface area (Å²) in [4.78, 5) is 22.8. The molecule has 0 atom stereocenters. The molecule has 1 amide bonds. The molecule has 0 radical (unpaired) electrons. The number of benzene rings is 1. The molecule has 1 saturated carbocycles. The number of aromatic nitrogens is 3. The number of carbonyl (C=O) groups is 1. The molecule has 9 nitrogen and oxygen atoms in total. The number of anilines is 1. The number of pyridine rings is 1. The van der Waals surface area contributed by atoms with E-state index in [-0.39, 0.29) is 23.2 Å². The summed E-state index contributed by atoms with van der Waals surface area (Å²) in [6.45, 7) is 5.48. The van der Waals surface area contributed by atoms with E-state index in [1.54, 1.807) is 22.9 Å². The molecule has 4 heterocycles. The quantitative estimate of drug-likeness (QED) is 0.452. The molecule has 2 aliphatic heterocycles. The topological polar surface area (TPSA) is 100 Å². The minimum atomic E-state index is -3.77. The molecule has 2 saturated heterocycles. The minimum Gasteiger partial charge on any atom is -0.371 e. The Hall–Kier alpha value is -3.05. The number of nitrogens with one attached hydrogen (secondary N) is 1. The number of likely N-dealkylation sites (tertiary alicyclic amines) is 1. The monoisotopic (exact) mass is 568 g/mol. The molecule has 0 spiro atoms. The number of nitrogens with zero attached hydrogens (tertiary/aromatic N) is 5. The van der Waals surface area contributed by atoms with Crippen molar-refractivity contribution in [3.8, 4) is 5.69 Å². The Balaban J connectivity index is 1.44. The molecule has 6 rings (SSSR count). The smallest absolute Gasteiger partial charge is 0.283 e. The standard InChI is InChI=1S/C29H37FN6O3S/c1-2-40(38,39)33-29(37)24-19-25(35-17-13-22(14-18-35)34-15-4-3-5-16-34)26-27(20-7-6-8-20)32-36(28(26)31-24)23-11-9-21(30)10-12-23/h9-12,19-20,22H,2-8,13-18H2,1H3,(H,33,37). The van der Waals surface area contributed by atoms with E-state index in [9.17, 15) is 17.6 Å². The van der Waals surface area contributed by atoms with Crippen molar-refractivity contribution < 1.29 is 17.6 Å². The Morgan fingerprint density at radius 3 is 2.33 bits per heavy atom. The number of piperidine rings is 2. The van der Waals surface area contributed by atoms with Crippen molar-refractivity contribution in [3.63, 3.8) is 0 Å². The first-order chi connectivity index (χ1) is 19.3. The zero-order valence-corrected chi connectivity index (χ0v) is 23.8. The maximum Gasteiger partial charge on any atom is 0.283 e. The molecule has 1 aromatic carbocycles. The van der Waals surface area contributed by atoms with Gasteiger partial charge in [0.05, 0.1) is 28.2 Å². The van der Waals surface area contributed by atoms with Crippen LogP contribution in [0.15, 0.2) is 30.3 Å². The molecule has 2 aromatic heterocycles. The zero-order valence-electron chi connectivity index (χ0n) is 23.0. The van der Waals surface area contributed by atoms with Crippen molar-refractivity contribution in [2.45, 2.75) is 70.3 Å². The van der Waals surface area contributed by atoms with Crippen molar-refractivity contribution >= 4 is 32.7 Å². The molecular weight excluding hydrogens is 531 g/mol. The van der Waals surface area contributed by atoms with Crippen LogP contribution in [0.2, 0.25) is 0 Å². The lowest BCUT2D eigenvalue weighted by Gasteiger charge is -2.41. The van der Waals surface area contributed by atoms with Crippen LogP contribution in [0.3, 0.4) is 0 Å². The van der Waals surface area contributed by atoms with Gasteiger partial charge in [-0.25, -0.2) is 27.2 Å². The largest absolute Gasteiger partial charge is 0.371 e. The summed E-state index contributed by atoms with van der Waals surface area (Å²) in [6.07, 6.45) is 9.09. The zero-order chi connectivity index (χ0) is 27.9. The Bertz CT molecular complexity index is 1490. The van der Waals surface area contributed by atoms with Crippen molar-refractivity contribution in [1.29, 1.82) is 0 Å². The van der Waals surface area contributed by atoms with Crippen LogP contribution in [0.1, 0.15) is 80.4 Å². The van der Waals surface area contributed by atoms with E-state index in [0.29, 0.717) is 17.4 Å². The highest BCUT2D eigenvalue weighted by Gasteiger charge is 2.33. The van der Waals surface area contributed by atoms with Gasteiger partial charge in [-0.05, 0) is 88.9 Å². The number of amides is 1. The molecule has 1 aliphatic carbocycles. The van der Waals surface area contributed by atoms with Crippen molar-refractivity contribution in [2.24, 2.45) is 0 Å². The summed E-state index contributed by atoms with van der Waals surface area (Å²) in [7, 11) is -3.77. The van der Waals surface area contributed by atoms with Crippen LogP contribution in [0, 0.1) is 5.82 Å². The van der Waals surface area contributed by atoms with E-state index in [4.69, 9.17) is 10.1 Å². The first-order valence-electron chi connectivity index (χ1n) is 14.6. The number of carbonyl (C=O) groups excluding carboxylic acids is 1. The molecule has 0 unspecified atom stereocenters. The SMILES string of the molecule is CCS(=O)(=O)NC(=O)c1cc(N2CCC(N3CCCCC3)CC2)c2c(C3CCC3)nn(-c3ccc(F)cc3)c2n1. The summed E-state index contributed by atoms with van der Waals surface area (Å²) in [5.41, 5.74) is 2.97. The molecular formula is C29H37FN6O3S. The van der Waals surface area contributed by atoms with Crippen molar-refractivity contribution in [1.82, 2.24) is 24.4 Å². The summed E-state index contributed by atoms with van der Waals surface area (Å²) in [5.74, 6) is -1.03. The van der Waals surface area contributed by atoms with Gasteiger partial charge in [-0.3, -0.25) is 4.79 Å². The third-order valence-electron chi connectivity index (χ3n) is 8.78. The highest BCUT2D eigenvalue weighted by atomic mass is 32.2. The van der Waals surface area contributed by atoms with Gasteiger partial charge in [0, 0.05) is 25.0 Å². The normalized spacial score (nSPS) is 19.6. The predicted octanol–water partition coefficient (Wildman–Crippen LogP) is 4.36. The number of hydrogen-bond donors (Lipinski definition) is 1. The number of rotatable bonds is 7. The Kier molecular flexibility index (Phi) is 7.52. The Labute approximate surface area is 234 Å².